The molecule has 0 saturated carbocycles. The first-order chi connectivity index (χ1) is 13.3. The number of carbonyl (C=O) groups excluding carboxylic acids is 1. The number of aryl methyl sites for hydroxylation is 1. The van der Waals surface area contributed by atoms with Crippen molar-refractivity contribution < 1.29 is 9.90 Å². The molecule has 0 spiro atoms. The predicted molar refractivity (Wildman–Crippen MR) is 110 cm³/mol. The molecule has 0 atom stereocenters. The van der Waals surface area contributed by atoms with E-state index in [0.29, 0.717) is 18.5 Å². The van der Waals surface area contributed by atoms with Gasteiger partial charge in [-0.25, -0.2) is 4.68 Å². The Hall–Kier alpha value is -2.92. The number of amides is 1. The molecule has 5 nitrogen and oxygen atoms in total. The predicted octanol–water partition coefficient (Wildman–Crippen LogP) is 3.85. The summed E-state index contributed by atoms with van der Waals surface area (Å²) >= 11 is 0. The van der Waals surface area contributed by atoms with E-state index in [2.05, 4.69) is 5.10 Å². The van der Waals surface area contributed by atoms with Crippen LogP contribution in [0.4, 0.5) is 0 Å². The molecule has 1 N–H and O–H groups in total. The summed E-state index contributed by atoms with van der Waals surface area (Å²) in [4.78, 5) is 14.6. The average molecular weight is 377 g/mol. The molecule has 0 aliphatic carbocycles. The fourth-order valence-electron chi connectivity index (χ4n) is 3.10. The van der Waals surface area contributed by atoms with Gasteiger partial charge in [0.15, 0.2) is 0 Å². The van der Waals surface area contributed by atoms with Crippen LogP contribution in [0.5, 0.6) is 0 Å². The van der Waals surface area contributed by atoms with E-state index in [4.69, 9.17) is 0 Å². The van der Waals surface area contributed by atoms with Gasteiger partial charge in [-0.15, -0.1) is 0 Å². The number of hydrogen-bond donors (Lipinski definition) is 1. The SMILES string of the molecule is CN(Cc1cccc(-n2cccn2)c1)C(=O)c1cccc(CCC(C)(C)O)c1. The smallest absolute Gasteiger partial charge is 0.253 e. The van der Waals surface area contributed by atoms with Crippen molar-refractivity contribution in [1.82, 2.24) is 14.7 Å². The maximum atomic E-state index is 12.9. The van der Waals surface area contributed by atoms with E-state index in [9.17, 15) is 9.90 Å². The van der Waals surface area contributed by atoms with Crippen molar-refractivity contribution in [3.05, 3.63) is 83.7 Å². The lowest BCUT2D eigenvalue weighted by atomic mass is 9.98. The number of hydrogen-bond acceptors (Lipinski definition) is 3. The third kappa shape index (κ3) is 5.30. The largest absolute Gasteiger partial charge is 0.390 e. The maximum absolute atomic E-state index is 12.9. The molecule has 1 heterocycles. The van der Waals surface area contributed by atoms with Crippen LogP contribution >= 0.6 is 0 Å². The molecular formula is C23H27N3O2. The van der Waals surface area contributed by atoms with Crippen LogP contribution in [-0.2, 0) is 13.0 Å². The molecule has 1 amide bonds. The fourth-order valence-corrected chi connectivity index (χ4v) is 3.10. The molecule has 3 aromatic rings. The highest BCUT2D eigenvalue weighted by Gasteiger charge is 2.15. The summed E-state index contributed by atoms with van der Waals surface area (Å²) in [5.41, 5.74) is 3.02. The van der Waals surface area contributed by atoms with Gasteiger partial charge in [0.25, 0.3) is 5.91 Å². The molecule has 28 heavy (non-hydrogen) atoms. The summed E-state index contributed by atoms with van der Waals surface area (Å²) in [6.07, 6.45) is 5.03. The average Bonchev–Trinajstić information content (AvgIpc) is 3.20. The summed E-state index contributed by atoms with van der Waals surface area (Å²) in [6, 6.07) is 17.6. The monoisotopic (exact) mass is 377 g/mol. The molecule has 0 aliphatic heterocycles. The Kier molecular flexibility index (Phi) is 5.95. The van der Waals surface area contributed by atoms with Crippen LogP contribution in [0, 0.1) is 0 Å². The van der Waals surface area contributed by atoms with Crippen LogP contribution in [0.2, 0.25) is 0 Å². The zero-order chi connectivity index (χ0) is 20.1. The van der Waals surface area contributed by atoms with E-state index in [1.54, 1.807) is 29.6 Å². The number of rotatable bonds is 7. The van der Waals surface area contributed by atoms with Crippen molar-refractivity contribution in [2.45, 2.75) is 38.8 Å². The van der Waals surface area contributed by atoms with Gasteiger partial charge in [0.2, 0.25) is 0 Å². The van der Waals surface area contributed by atoms with Crippen LogP contribution in [0.1, 0.15) is 41.8 Å². The molecule has 2 aromatic carbocycles. The third-order valence-corrected chi connectivity index (χ3v) is 4.65. The van der Waals surface area contributed by atoms with Crippen molar-refractivity contribution in [1.29, 1.82) is 0 Å². The number of benzene rings is 2. The van der Waals surface area contributed by atoms with Gasteiger partial charge >= 0.3 is 0 Å². The second-order valence-electron chi connectivity index (χ2n) is 7.79. The van der Waals surface area contributed by atoms with Crippen LogP contribution < -0.4 is 0 Å². The molecule has 0 radical (unpaired) electrons. The standard InChI is InChI=1S/C23H27N3O2/c1-23(2,28)12-11-18-7-4-9-20(15-18)22(27)25(3)17-19-8-5-10-21(16-19)26-14-6-13-24-26/h4-10,13-16,28H,11-12,17H2,1-3H3. The second kappa shape index (κ2) is 8.40. The highest BCUT2D eigenvalue weighted by Crippen LogP contribution is 2.17. The first-order valence-corrected chi connectivity index (χ1v) is 9.47. The van der Waals surface area contributed by atoms with Gasteiger partial charge in [-0.05, 0) is 68.1 Å². The second-order valence-corrected chi connectivity index (χ2v) is 7.79. The van der Waals surface area contributed by atoms with Gasteiger partial charge in [-0.1, -0.05) is 24.3 Å². The molecule has 146 valence electrons. The van der Waals surface area contributed by atoms with Crippen molar-refractivity contribution in [2.75, 3.05) is 7.05 Å². The fraction of sp³-hybridized carbons (Fsp3) is 0.304. The summed E-state index contributed by atoms with van der Waals surface area (Å²) in [6.45, 7) is 4.11. The van der Waals surface area contributed by atoms with Gasteiger partial charge < -0.3 is 10.0 Å². The highest BCUT2D eigenvalue weighted by molar-refractivity contribution is 5.94. The number of nitrogens with zero attached hydrogens (tertiary/aromatic N) is 3. The lowest BCUT2D eigenvalue weighted by Gasteiger charge is -2.19. The Balaban J connectivity index is 1.69. The van der Waals surface area contributed by atoms with E-state index in [-0.39, 0.29) is 5.91 Å². The third-order valence-electron chi connectivity index (χ3n) is 4.65. The minimum Gasteiger partial charge on any atom is -0.390 e. The van der Waals surface area contributed by atoms with E-state index in [1.165, 1.54) is 0 Å². The lowest BCUT2D eigenvalue weighted by Crippen LogP contribution is -2.26. The van der Waals surface area contributed by atoms with Crippen molar-refractivity contribution in [2.24, 2.45) is 0 Å². The van der Waals surface area contributed by atoms with Crippen molar-refractivity contribution in [3.8, 4) is 5.69 Å². The van der Waals surface area contributed by atoms with Crippen molar-refractivity contribution >= 4 is 5.91 Å². The Morgan fingerprint density at radius 2 is 1.86 bits per heavy atom. The van der Waals surface area contributed by atoms with Gasteiger partial charge in [-0.3, -0.25) is 4.79 Å². The Morgan fingerprint density at radius 3 is 2.57 bits per heavy atom. The van der Waals surface area contributed by atoms with Gasteiger partial charge in [0, 0.05) is 31.5 Å². The summed E-state index contributed by atoms with van der Waals surface area (Å²) < 4.78 is 1.80. The van der Waals surface area contributed by atoms with E-state index < -0.39 is 5.60 Å². The Labute approximate surface area is 166 Å². The van der Waals surface area contributed by atoms with E-state index in [0.717, 1.165) is 23.2 Å². The van der Waals surface area contributed by atoms with E-state index >= 15 is 0 Å². The molecule has 0 fully saturated rings. The van der Waals surface area contributed by atoms with E-state index in [1.807, 2.05) is 67.8 Å². The van der Waals surface area contributed by atoms with Crippen LogP contribution in [0.25, 0.3) is 5.69 Å². The number of carbonyl (C=O) groups is 1. The van der Waals surface area contributed by atoms with Crippen LogP contribution in [-0.4, -0.2) is 38.3 Å². The lowest BCUT2D eigenvalue weighted by molar-refractivity contribution is 0.0714. The summed E-state index contributed by atoms with van der Waals surface area (Å²) in [7, 11) is 1.81. The molecular weight excluding hydrogens is 350 g/mol. The maximum Gasteiger partial charge on any atom is 0.253 e. The first kappa shape index (κ1) is 19.8. The molecule has 3 rings (SSSR count). The summed E-state index contributed by atoms with van der Waals surface area (Å²) in [5.74, 6) is -0.0189. The van der Waals surface area contributed by atoms with Crippen molar-refractivity contribution in [3.63, 3.8) is 0 Å². The number of aliphatic hydroxyl groups is 1. The van der Waals surface area contributed by atoms with Gasteiger partial charge in [0.1, 0.15) is 0 Å². The number of aromatic nitrogens is 2. The Morgan fingerprint density at radius 1 is 1.11 bits per heavy atom. The zero-order valence-corrected chi connectivity index (χ0v) is 16.7. The molecule has 1 aromatic heterocycles. The highest BCUT2D eigenvalue weighted by atomic mass is 16.3. The van der Waals surface area contributed by atoms with Crippen LogP contribution in [0.3, 0.4) is 0 Å². The Bertz CT molecular complexity index is 927. The normalized spacial score (nSPS) is 11.4. The first-order valence-electron chi connectivity index (χ1n) is 9.47. The molecule has 0 unspecified atom stereocenters. The van der Waals surface area contributed by atoms with Gasteiger partial charge in [0.05, 0.1) is 11.3 Å². The molecule has 5 heteroatoms. The quantitative estimate of drug-likeness (QED) is 0.680. The summed E-state index contributed by atoms with van der Waals surface area (Å²) in [5, 5.41) is 14.2. The molecule has 0 bridgehead atoms. The van der Waals surface area contributed by atoms with Gasteiger partial charge in [-0.2, -0.15) is 5.10 Å². The van der Waals surface area contributed by atoms with Crippen LogP contribution in [0.15, 0.2) is 67.0 Å². The minimum atomic E-state index is -0.712. The molecule has 0 saturated heterocycles. The minimum absolute atomic E-state index is 0.0189. The topological polar surface area (TPSA) is 58.4 Å². The zero-order valence-electron chi connectivity index (χ0n) is 16.7. The molecule has 0 aliphatic rings.